The summed E-state index contributed by atoms with van der Waals surface area (Å²) in [7, 11) is 0. The summed E-state index contributed by atoms with van der Waals surface area (Å²) in [5, 5.41) is 0. The van der Waals surface area contributed by atoms with Crippen molar-refractivity contribution in [1.82, 2.24) is 0 Å². The van der Waals surface area contributed by atoms with E-state index in [2.05, 4.69) is 11.8 Å². The first kappa shape index (κ1) is 5.62. The number of nitrogens with zero attached hydrogens (tertiary/aromatic N) is 1. The number of hydrogen-bond donors (Lipinski definition) is 0. The van der Waals surface area contributed by atoms with Crippen molar-refractivity contribution in [2.75, 3.05) is 0 Å². The summed E-state index contributed by atoms with van der Waals surface area (Å²) >= 11 is 0. The minimum absolute atomic E-state index is 0.0272. The zero-order valence-electron chi connectivity index (χ0n) is 5.44. The minimum Gasteiger partial charge on any atom is -0.311 e. The van der Waals surface area contributed by atoms with E-state index in [4.69, 9.17) is 6.57 Å². The molecule has 1 heteroatoms. The Labute approximate surface area is 50.5 Å². The van der Waals surface area contributed by atoms with E-state index in [1.807, 2.05) is 6.92 Å². The van der Waals surface area contributed by atoms with Crippen LogP contribution < -0.4 is 0 Å². The fourth-order valence-electron chi connectivity index (χ4n) is 1.53. The van der Waals surface area contributed by atoms with Crippen molar-refractivity contribution in [3.8, 4) is 0 Å². The Balaban J connectivity index is 2.44. The lowest BCUT2D eigenvalue weighted by Gasteiger charge is -2.32. The van der Waals surface area contributed by atoms with Crippen LogP contribution in [0.2, 0.25) is 0 Å². The van der Waals surface area contributed by atoms with E-state index >= 15 is 0 Å². The Morgan fingerprint density at radius 1 is 1.62 bits per heavy atom. The van der Waals surface area contributed by atoms with Gasteiger partial charge in [0.1, 0.15) is 0 Å². The predicted octanol–water partition coefficient (Wildman–Crippen LogP) is 2.09. The Kier molecular flexibility index (Phi) is 1.04. The lowest BCUT2D eigenvalue weighted by molar-refractivity contribution is 0.225. The maximum Gasteiger partial charge on any atom is 0.230 e. The van der Waals surface area contributed by atoms with Crippen LogP contribution in [0.25, 0.3) is 4.85 Å². The molecule has 0 aromatic carbocycles. The highest BCUT2D eigenvalue weighted by molar-refractivity contribution is 5.04. The molecule has 0 aromatic rings. The molecule has 1 aliphatic rings. The monoisotopic (exact) mass is 109 g/mol. The van der Waals surface area contributed by atoms with E-state index in [9.17, 15) is 0 Å². The van der Waals surface area contributed by atoms with Gasteiger partial charge in [-0.05, 0) is 5.92 Å². The van der Waals surface area contributed by atoms with Gasteiger partial charge in [-0.2, -0.15) is 0 Å². The summed E-state index contributed by atoms with van der Waals surface area (Å²) in [4.78, 5) is 3.53. The first-order chi connectivity index (χ1) is 3.66. The van der Waals surface area contributed by atoms with Gasteiger partial charge in [-0.25, -0.2) is 6.57 Å². The maximum absolute atomic E-state index is 6.77. The van der Waals surface area contributed by atoms with Gasteiger partial charge in [0.05, 0.1) is 0 Å². The van der Waals surface area contributed by atoms with Gasteiger partial charge < -0.3 is 4.85 Å². The number of rotatable bonds is 0. The van der Waals surface area contributed by atoms with Gasteiger partial charge in [0, 0.05) is 19.8 Å². The van der Waals surface area contributed by atoms with Crippen LogP contribution in [0.3, 0.4) is 0 Å². The Bertz CT molecular complexity index is 126. The summed E-state index contributed by atoms with van der Waals surface area (Å²) in [6.45, 7) is 11.0. The zero-order valence-corrected chi connectivity index (χ0v) is 5.44. The maximum atomic E-state index is 6.77. The van der Waals surface area contributed by atoms with Crippen molar-refractivity contribution in [2.45, 2.75) is 32.2 Å². The Morgan fingerprint density at radius 3 is 2.25 bits per heavy atom. The van der Waals surface area contributed by atoms with Gasteiger partial charge in [-0.3, -0.25) is 0 Å². The first-order valence-corrected chi connectivity index (χ1v) is 3.05. The third-order valence-corrected chi connectivity index (χ3v) is 1.85. The van der Waals surface area contributed by atoms with E-state index in [-0.39, 0.29) is 5.54 Å². The van der Waals surface area contributed by atoms with Crippen LogP contribution in [0.15, 0.2) is 0 Å². The minimum atomic E-state index is 0.0272. The van der Waals surface area contributed by atoms with Crippen LogP contribution in [0.5, 0.6) is 0 Å². The highest BCUT2D eigenvalue weighted by Crippen LogP contribution is 2.39. The molecular weight excluding hydrogens is 98.1 g/mol. The summed E-state index contributed by atoms with van der Waals surface area (Å²) in [6.07, 6.45) is 2.22. The fourth-order valence-corrected chi connectivity index (χ4v) is 1.53. The van der Waals surface area contributed by atoms with Crippen LogP contribution in [0.4, 0.5) is 0 Å². The average molecular weight is 109 g/mol. The molecule has 1 nitrogen and oxygen atoms in total. The van der Waals surface area contributed by atoms with Crippen LogP contribution in [-0.2, 0) is 0 Å². The van der Waals surface area contributed by atoms with Gasteiger partial charge in [0.25, 0.3) is 0 Å². The molecule has 1 rings (SSSR count). The molecular formula is C7H11N. The molecule has 0 spiro atoms. The molecule has 0 saturated heterocycles. The van der Waals surface area contributed by atoms with E-state index in [1.54, 1.807) is 0 Å². The SMILES string of the molecule is [C-]#[N+]C1(C)CC(C)C1. The van der Waals surface area contributed by atoms with Crippen molar-refractivity contribution in [2.24, 2.45) is 5.92 Å². The summed E-state index contributed by atoms with van der Waals surface area (Å²) in [5.41, 5.74) is 0.0272. The fraction of sp³-hybridized carbons (Fsp3) is 0.857. The third kappa shape index (κ3) is 0.709. The first-order valence-electron chi connectivity index (χ1n) is 3.05. The van der Waals surface area contributed by atoms with Crippen LogP contribution in [-0.4, -0.2) is 5.54 Å². The molecule has 44 valence electrons. The molecule has 0 unspecified atom stereocenters. The molecule has 0 atom stereocenters. The number of hydrogen-bond acceptors (Lipinski definition) is 0. The molecule has 0 aromatic heterocycles. The van der Waals surface area contributed by atoms with Crippen LogP contribution in [0, 0.1) is 12.5 Å². The van der Waals surface area contributed by atoms with Crippen LogP contribution in [0.1, 0.15) is 26.7 Å². The highest BCUT2D eigenvalue weighted by Gasteiger charge is 2.43. The van der Waals surface area contributed by atoms with E-state index in [1.165, 1.54) is 0 Å². The predicted molar refractivity (Wildman–Crippen MR) is 33.4 cm³/mol. The average Bonchev–Trinajstić information content (AvgIpc) is 1.63. The zero-order chi connectivity index (χ0) is 6.20. The van der Waals surface area contributed by atoms with Crippen LogP contribution >= 0.6 is 0 Å². The second-order valence-electron chi connectivity index (χ2n) is 3.12. The topological polar surface area (TPSA) is 4.36 Å². The normalized spacial score (nSPS) is 44.9. The summed E-state index contributed by atoms with van der Waals surface area (Å²) in [5.74, 6) is 0.800. The molecule has 0 N–H and O–H groups in total. The van der Waals surface area contributed by atoms with Gasteiger partial charge in [0.15, 0.2) is 0 Å². The van der Waals surface area contributed by atoms with Crippen molar-refractivity contribution >= 4 is 0 Å². The second-order valence-corrected chi connectivity index (χ2v) is 3.12. The molecule has 0 bridgehead atoms. The molecule has 0 radical (unpaired) electrons. The van der Waals surface area contributed by atoms with Crippen molar-refractivity contribution in [3.63, 3.8) is 0 Å². The standard InChI is InChI=1S/C7H11N/c1-6-4-7(2,5-6)8-3/h6H,4-5H2,1-2H3. The van der Waals surface area contributed by atoms with E-state index in [0.29, 0.717) is 0 Å². The van der Waals surface area contributed by atoms with E-state index < -0.39 is 0 Å². The molecule has 0 amide bonds. The summed E-state index contributed by atoms with van der Waals surface area (Å²) in [6, 6.07) is 0. The molecule has 0 heterocycles. The van der Waals surface area contributed by atoms with Gasteiger partial charge in [-0.15, -0.1) is 0 Å². The van der Waals surface area contributed by atoms with E-state index in [0.717, 1.165) is 18.8 Å². The molecule has 0 aliphatic heterocycles. The quantitative estimate of drug-likeness (QED) is 0.419. The molecule has 1 aliphatic carbocycles. The molecule has 1 saturated carbocycles. The highest BCUT2D eigenvalue weighted by atomic mass is 14.8. The summed E-state index contributed by atoms with van der Waals surface area (Å²) < 4.78 is 0. The lowest BCUT2D eigenvalue weighted by atomic mass is 9.71. The molecule has 1 fully saturated rings. The largest absolute Gasteiger partial charge is 0.311 e. The lowest BCUT2D eigenvalue weighted by Crippen LogP contribution is -2.35. The third-order valence-electron chi connectivity index (χ3n) is 1.85. The van der Waals surface area contributed by atoms with Crippen molar-refractivity contribution < 1.29 is 0 Å². The van der Waals surface area contributed by atoms with Gasteiger partial charge in [-0.1, -0.05) is 6.92 Å². The smallest absolute Gasteiger partial charge is 0.230 e. The Morgan fingerprint density at radius 2 is 2.12 bits per heavy atom. The molecule has 8 heavy (non-hydrogen) atoms. The van der Waals surface area contributed by atoms with Crippen molar-refractivity contribution in [1.29, 1.82) is 0 Å². The van der Waals surface area contributed by atoms with Gasteiger partial charge in [0.2, 0.25) is 5.54 Å². The van der Waals surface area contributed by atoms with Crippen molar-refractivity contribution in [3.05, 3.63) is 11.4 Å². The van der Waals surface area contributed by atoms with Gasteiger partial charge >= 0.3 is 0 Å². The Hall–Kier alpha value is -0.510. The second kappa shape index (κ2) is 1.48.